The highest BCUT2D eigenvalue weighted by atomic mass is 79.9. The van der Waals surface area contributed by atoms with Gasteiger partial charge in [-0.05, 0) is 62.8 Å². The maximum absolute atomic E-state index is 13.3. The second-order valence-corrected chi connectivity index (χ2v) is 9.31. The van der Waals surface area contributed by atoms with Crippen molar-refractivity contribution in [2.24, 2.45) is 0 Å². The predicted molar refractivity (Wildman–Crippen MR) is 135 cm³/mol. The van der Waals surface area contributed by atoms with Crippen LogP contribution in [0, 0.1) is 6.92 Å². The Balaban J connectivity index is 1.81. The van der Waals surface area contributed by atoms with Gasteiger partial charge in [-0.25, -0.2) is 4.98 Å². The lowest BCUT2D eigenvalue weighted by atomic mass is 9.96. The second kappa shape index (κ2) is 10.1. The van der Waals surface area contributed by atoms with Gasteiger partial charge < -0.3 is 14.9 Å². The summed E-state index contributed by atoms with van der Waals surface area (Å²) in [7, 11) is 0. The maximum Gasteiger partial charge on any atom is 0.295 e. The normalized spacial score (nSPS) is 17.9. The van der Waals surface area contributed by atoms with Crippen molar-refractivity contribution >= 4 is 39.0 Å². The number of aromatic nitrogens is 2. The zero-order valence-corrected chi connectivity index (χ0v) is 21.2. The first-order valence-electron chi connectivity index (χ1n) is 11.6. The van der Waals surface area contributed by atoms with Crippen LogP contribution in [0.1, 0.15) is 43.3 Å². The smallest absolute Gasteiger partial charge is 0.295 e. The first kappa shape index (κ1) is 24.2. The predicted octanol–water partition coefficient (Wildman–Crippen LogP) is 4.56. The lowest BCUT2D eigenvalue weighted by Crippen LogP contribution is -2.33. The number of fused-ring (bicyclic) bond motifs is 1. The van der Waals surface area contributed by atoms with Crippen LogP contribution in [-0.4, -0.2) is 62.2 Å². The molecule has 0 saturated carbocycles. The van der Waals surface area contributed by atoms with Gasteiger partial charge in [0.2, 0.25) is 0 Å². The molecule has 2 aromatic heterocycles. The van der Waals surface area contributed by atoms with Gasteiger partial charge >= 0.3 is 0 Å². The quantitative estimate of drug-likeness (QED) is 0.265. The molecule has 1 atom stereocenters. The minimum Gasteiger partial charge on any atom is -0.505 e. The van der Waals surface area contributed by atoms with Crippen LogP contribution in [0.5, 0.6) is 0 Å². The summed E-state index contributed by atoms with van der Waals surface area (Å²) in [6, 6.07) is 12.4. The lowest BCUT2D eigenvalue weighted by Gasteiger charge is -2.26. The Hall–Kier alpha value is -2.97. The van der Waals surface area contributed by atoms with E-state index in [-0.39, 0.29) is 11.3 Å². The maximum atomic E-state index is 13.3. The van der Waals surface area contributed by atoms with Crippen molar-refractivity contribution in [3.63, 3.8) is 0 Å². The molecule has 3 heterocycles. The molecule has 4 rings (SSSR count). The summed E-state index contributed by atoms with van der Waals surface area (Å²) >= 11 is 3.45. The number of aryl methyl sites for hydroxylation is 1. The van der Waals surface area contributed by atoms with Crippen molar-refractivity contribution in [2.45, 2.75) is 33.2 Å². The first-order valence-corrected chi connectivity index (χ1v) is 12.4. The topological polar surface area (TPSA) is 78.2 Å². The fourth-order valence-electron chi connectivity index (χ4n) is 4.63. The largest absolute Gasteiger partial charge is 0.505 e. The highest BCUT2D eigenvalue weighted by Gasteiger charge is 2.46. The molecule has 0 spiro atoms. The van der Waals surface area contributed by atoms with Crippen LogP contribution >= 0.6 is 15.9 Å². The zero-order valence-electron chi connectivity index (χ0n) is 19.7. The van der Waals surface area contributed by atoms with E-state index in [9.17, 15) is 14.7 Å². The standard InChI is InChI=1S/C26H29BrN4O3/c1-4-29(5-2)14-8-16-31-23(18-10-12-19(27)13-11-18)21(25(33)26(31)34)24(32)22-17(3)28-20-9-6-7-15-30(20)22/h6-7,9-13,15,23,32H,4-5,8,14,16H2,1-3H3. The Morgan fingerprint density at radius 1 is 1.12 bits per heavy atom. The minimum absolute atomic E-state index is 0.101. The van der Waals surface area contributed by atoms with Crippen molar-refractivity contribution in [3.8, 4) is 0 Å². The molecule has 0 bridgehead atoms. The van der Waals surface area contributed by atoms with E-state index in [1.54, 1.807) is 22.4 Å². The van der Waals surface area contributed by atoms with E-state index in [2.05, 4.69) is 39.7 Å². The van der Waals surface area contributed by atoms with Crippen molar-refractivity contribution < 1.29 is 14.7 Å². The van der Waals surface area contributed by atoms with E-state index in [0.717, 1.165) is 36.1 Å². The molecule has 3 aromatic rings. The Labute approximate surface area is 207 Å². The summed E-state index contributed by atoms with van der Waals surface area (Å²) in [5.41, 5.74) is 2.56. The van der Waals surface area contributed by atoms with Gasteiger partial charge in [-0.2, -0.15) is 0 Å². The second-order valence-electron chi connectivity index (χ2n) is 8.40. The molecule has 1 fully saturated rings. The zero-order chi connectivity index (χ0) is 24.4. The molecule has 1 saturated heterocycles. The number of imidazole rings is 1. The number of nitrogens with zero attached hydrogens (tertiary/aromatic N) is 4. The van der Waals surface area contributed by atoms with E-state index in [1.807, 2.05) is 42.5 Å². The van der Waals surface area contributed by atoms with Gasteiger partial charge in [0.05, 0.1) is 17.3 Å². The van der Waals surface area contributed by atoms with E-state index >= 15 is 0 Å². The summed E-state index contributed by atoms with van der Waals surface area (Å²) in [5, 5.41) is 11.5. The molecule has 178 valence electrons. The number of hydrogen-bond acceptors (Lipinski definition) is 5. The minimum atomic E-state index is -0.668. The summed E-state index contributed by atoms with van der Waals surface area (Å²) in [6.45, 7) is 9.11. The summed E-state index contributed by atoms with van der Waals surface area (Å²) in [6.07, 6.45) is 2.52. The highest BCUT2D eigenvalue weighted by molar-refractivity contribution is 9.10. The fourth-order valence-corrected chi connectivity index (χ4v) is 4.90. The molecule has 0 radical (unpaired) electrons. The van der Waals surface area contributed by atoms with Crippen LogP contribution in [0.15, 0.2) is 58.7 Å². The Morgan fingerprint density at radius 3 is 2.50 bits per heavy atom. The third kappa shape index (κ3) is 4.40. The van der Waals surface area contributed by atoms with Crippen LogP contribution in [0.25, 0.3) is 11.4 Å². The molecule has 0 aliphatic carbocycles. The van der Waals surface area contributed by atoms with Crippen LogP contribution in [0.4, 0.5) is 0 Å². The number of amides is 1. The number of rotatable bonds is 8. The van der Waals surface area contributed by atoms with Crippen molar-refractivity contribution in [3.05, 3.63) is 75.7 Å². The summed E-state index contributed by atoms with van der Waals surface area (Å²) in [4.78, 5) is 34.9. The van der Waals surface area contributed by atoms with Gasteiger partial charge in [-0.3, -0.25) is 14.0 Å². The van der Waals surface area contributed by atoms with Crippen LogP contribution in [0.2, 0.25) is 0 Å². The van der Waals surface area contributed by atoms with Gasteiger partial charge in [0.15, 0.2) is 5.76 Å². The van der Waals surface area contributed by atoms with Crippen LogP contribution < -0.4 is 0 Å². The number of benzene rings is 1. The van der Waals surface area contributed by atoms with Gasteiger partial charge in [0.25, 0.3) is 11.7 Å². The first-order chi connectivity index (χ1) is 16.4. The molecule has 34 heavy (non-hydrogen) atoms. The number of carbonyl (C=O) groups excluding carboxylic acids is 2. The number of ketones is 1. The number of pyridine rings is 1. The van der Waals surface area contributed by atoms with Gasteiger partial charge in [0, 0.05) is 17.2 Å². The monoisotopic (exact) mass is 524 g/mol. The Kier molecular flexibility index (Phi) is 7.19. The average Bonchev–Trinajstić information content (AvgIpc) is 3.30. The van der Waals surface area contributed by atoms with E-state index in [4.69, 9.17) is 0 Å². The molecule has 1 aliphatic rings. The third-order valence-corrected chi connectivity index (χ3v) is 6.95. The number of carbonyl (C=O) groups is 2. The van der Waals surface area contributed by atoms with Crippen LogP contribution in [0.3, 0.4) is 0 Å². The van der Waals surface area contributed by atoms with Crippen molar-refractivity contribution in [1.29, 1.82) is 0 Å². The van der Waals surface area contributed by atoms with Crippen LogP contribution in [-0.2, 0) is 9.59 Å². The molecule has 8 heteroatoms. The number of hydrogen-bond donors (Lipinski definition) is 1. The highest BCUT2D eigenvalue weighted by Crippen LogP contribution is 2.40. The van der Waals surface area contributed by atoms with Crippen molar-refractivity contribution in [1.82, 2.24) is 19.2 Å². The van der Waals surface area contributed by atoms with Gasteiger partial charge in [-0.1, -0.05) is 48.0 Å². The number of Topliss-reactive ketones (excluding diaryl/α,β-unsaturated/α-hetero) is 1. The number of aliphatic hydroxyl groups excluding tert-OH is 1. The van der Waals surface area contributed by atoms with E-state index < -0.39 is 17.7 Å². The molecule has 1 amide bonds. The van der Waals surface area contributed by atoms with E-state index in [0.29, 0.717) is 23.6 Å². The number of halogens is 1. The molecule has 7 nitrogen and oxygen atoms in total. The molecule has 1 N–H and O–H groups in total. The number of likely N-dealkylation sites (tertiary alicyclic amines) is 1. The molecular weight excluding hydrogens is 496 g/mol. The lowest BCUT2D eigenvalue weighted by molar-refractivity contribution is -0.140. The fraction of sp³-hybridized carbons (Fsp3) is 0.346. The van der Waals surface area contributed by atoms with E-state index in [1.165, 1.54) is 0 Å². The molecule has 1 unspecified atom stereocenters. The SMILES string of the molecule is CCN(CC)CCCN1C(=O)C(=O)C(=C(O)c2c(C)nc3ccccn23)C1c1ccc(Br)cc1. The molecule has 1 aliphatic heterocycles. The summed E-state index contributed by atoms with van der Waals surface area (Å²) < 4.78 is 2.64. The Morgan fingerprint density at radius 2 is 1.82 bits per heavy atom. The molecule has 1 aromatic carbocycles. The summed E-state index contributed by atoms with van der Waals surface area (Å²) in [5.74, 6) is -1.45. The van der Waals surface area contributed by atoms with Gasteiger partial charge in [-0.15, -0.1) is 0 Å². The van der Waals surface area contributed by atoms with Crippen molar-refractivity contribution in [2.75, 3.05) is 26.2 Å². The Bertz CT molecular complexity index is 1240. The number of aliphatic hydroxyl groups is 1. The third-order valence-electron chi connectivity index (χ3n) is 6.42. The molecular formula is C26H29BrN4O3. The van der Waals surface area contributed by atoms with Gasteiger partial charge in [0.1, 0.15) is 11.3 Å². The average molecular weight is 525 g/mol.